The molecule has 2 heteroatoms. The van der Waals surface area contributed by atoms with Crippen molar-refractivity contribution in [3.63, 3.8) is 0 Å². The number of rotatable bonds is 3. The summed E-state index contributed by atoms with van der Waals surface area (Å²) >= 11 is 1.74. The van der Waals surface area contributed by atoms with E-state index in [9.17, 15) is 0 Å². The molecule has 0 aromatic heterocycles. The van der Waals surface area contributed by atoms with E-state index in [1.54, 1.807) is 20.8 Å². The summed E-state index contributed by atoms with van der Waals surface area (Å²) in [5.41, 5.74) is 0. The van der Waals surface area contributed by atoms with E-state index in [1.165, 1.54) is 6.42 Å². The van der Waals surface area contributed by atoms with Crippen LogP contribution in [0.4, 0.5) is 0 Å². The third kappa shape index (κ3) is 4.53. The minimum absolute atomic E-state index is 0.727. The van der Waals surface area contributed by atoms with Crippen molar-refractivity contribution in [2.24, 2.45) is 5.92 Å². The molecule has 0 N–H and O–H groups in total. The van der Waals surface area contributed by atoms with Crippen LogP contribution >= 0.6 is 0 Å². The molecule has 0 aromatic carbocycles. The first-order valence-corrected chi connectivity index (χ1v) is 3.23. The Morgan fingerprint density at radius 2 is 2.29 bits per heavy atom. The van der Waals surface area contributed by atoms with Gasteiger partial charge in [-0.25, -0.2) is 0 Å². The Morgan fingerprint density at radius 3 is 2.43 bits per heavy atom. The number of hydrogen-bond acceptors (Lipinski definition) is 1. The van der Waals surface area contributed by atoms with Gasteiger partial charge in [0.1, 0.15) is 0 Å². The van der Waals surface area contributed by atoms with Gasteiger partial charge in [0, 0.05) is 0 Å². The van der Waals surface area contributed by atoms with Crippen molar-refractivity contribution in [1.82, 2.24) is 0 Å². The molecule has 0 bridgehead atoms. The van der Waals surface area contributed by atoms with E-state index in [-0.39, 0.29) is 0 Å². The Labute approximate surface area is 57.3 Å². The minimum atomic E-state index is 0.727. The second kappa shape index (κ2) is 4.82. The first-order valence-electron chi connectivity index (χ1n) is 2.59. The van der Waals surface area contributed by atoms with Crippen molar-refractivity contribution < 1.29 is 24.1 Å². The van der Waals surface area contributed by atoms with Gasteiger partial charge in [-0.05, 0) is 0 Å². The van der Waals surface area contributed by atoms with Crippen molar-refractivity contribution in [2.45, 2.75) is 20.3 Å². The van der Waals surface area contributed by atoms with E-state index < -0.39 is 0 Å². The molecule has 7 heavy (non-hydrogen) atoms. The Hall–Kier alpha value is 0.674. The molecule has 0 radical (unpaired) electrons. The summed E-state index contributed by atoms with van der Waals surface area (Å²) in [6.45, 7) is 5.25. The van der Waals surface area contributed by atoms with Crippen LogP contribution in [0.15, 0.2) is 0 Å². The summed E-state index contributed by atoms with van der Waals surface area (Å²) in [4.78, 5) is 0. The average molecular weight is 135 g/mol. The zero-order chi connectivity index (χ0) is 5.70. The molecule has 0 aliphatic carbocycles. The van der Waals surface area contributed by atoms with Gasteiger partial charge in [-0.1, -0.05) is 0 Å². The van der Waals surface area contributed by atoms with Gasteiger partial charge >= 0.3 is 56.9 Å². The molecule has 1 atom stereocenters. The molecule has 0 rings (SSSR count). The normalized spacial score (nSPS) is 13.9. The van der Waals surface area contributed by atoms with Crippen LogP contribution in [0.5, 0.6) is 0 Å². The Bertz CT molecular complexity index is 39.1. The van der Waals surface area contributed by atoms with E-state index in [0.717, 1.165) is 12.5 Å². The third-order valence-corrected chi connectivity index (χ3v) is 1.33. The van der Waals surface area contributed by atoms with Gasteiger partial charge in [-0.2, -0.15) is 0 Å². The maximum absolute atomic E-state index is 4.89. The van der Waals surface area contributed by atoms with Crippen molar-refractivity contribution in [3.05, 3.63) is 0 Å². The van der Waals surface area contributed by atoms with Gasteiger partial charge in [0.25, 0.3) is 0 Å². The van der Waals surface area contributed by atoms with Gasteiger partial charge < -0.3 is 0 Å². The summed E-state index contributed by atoms with van der Waals surface area (Å²) in [6.07, 6.45) is 1.22. The molecular formula is C5H11OTi. The van der Waals surface area contributed by atoms with Crippen LogP contribution in [-0.2, 0) is 24.1 Å². The van der Waals surface area contributed by atoms with Crippen molar-refractivity contribution >= 4 is 0 Å². The Morgan fingerprint density at radius 1 is 1.71 bits per heavy atom. The quantitative estimate of drug-likeness (QED) is 0.533. The van der Waals surface area contributed by atoms with Gasteiger partial charge in [0.2, 0.25) is 0 Å². The van der Waals surface area contributed by atoms with Crippen LogP contribution in [0.3, 0.4) is 0 Å². The second-order valence-electron chi connectivity index (χ2n) is 1.82. The summed E-state index contributed by atoms with van der Waals surface area (Å²) in [6, 6.07) is 0. The number of hydrogen-bond donors (Lipinski definition) is 0. The second-order valence-corrected chi connectivity index (χ2v) is 2.28. The standard InChI is InChI=1S/C5H11O.Ti/c1-3-5(2)4-6;/h5H,3-4H2,1-2H3;/q-1;+1. The first kappa shape index (κ1) is 7.67. The van der Waals surface area contributed by atoms with Crippen LogP contribution in [0.25, 0.3) is 0 Å². The molecule has 0 aliphatic heterocycles. The fourth-order valence-electron chi connectivity index (χ4n) is 0.260. The van der Waals surface area contributed by atoms with Gasteiger partial charge in [0.05, 0.1) is 0 Å². The molecular weight excluding hydrogens is 124 g/mol. The van der Waals surface area contributed by atoms with Gasteiger partial charge in [0.15, 0.2) is 0 Å². The molecule has 0 saturated carbocycles. The van der Waals surface area contributed by atoms with Crippen LogP contribution in [0.1, 0.15) is 20.3 Å². The molecule has 0 aliphatic rings. The van der Waals surface area contributed by atoms with Crippen molar-refractivity contribution in [1.29, 1.82) is 0 Å². The summed E-state index contributed by atoms with van der Waals surface area (Å²) < 4.78 is 4.89. The molecule has 0 saturated heterocycles. The van der Waals surface area contributed by atoms with E-state index in [1.807, 2.05) is 0 Å². The molecule has 0 aromatic rings. The van der Waals surface area contributed by atoms with E-state index in [0.29, 0.717) is 0 Å². The zero-order valence-electron chi connectivity index (χ0n) is 4.90. The Kier molecular flexibility index (Phi) is 5.29. The van der Waals surface area contributed by atoms with Gasteiger partial charge in [-0.15, -0.1) is 0 Å². The van der Waals surface area contributed by atoms with Crippen molar-refractivity contribution in [2.75, 3.05) is 6.61 Å². The van der Waals surface area contributed by atoms with E-state index >= 15 is 0 Å². The summed E-state index contributed by atoms with van der Waals surface area (Å²) in [5.74, 6) is 0.727. The predicted octanol–water partition coefficient (Wildman–Crippen LogP) is 1.51. The predicted molar refractivity (Wildman–Crippen MR) is 25.4 cm³/mol. The summed E-state index contributed by atoms with van der Waals surface area (Å²) in [7, 11) is 0. The summed E-state index contributed by atoms with van der Waals surface area (Å²) in [5, 5.41) is 0. The monoisotopic (exact) mass is 135 g/mol. The van der Waals surface area contributed by atoms with Crippen LogP contribution in [0, 0.1) is 5.92 Å². The first-order chi connectivity index (χ1) is 3.31. The topological polar surface area (TPSA) is 9.23 Å². The molecule has 0 spiro atoms. The fraction of sp³-hybridized carbons (Fsp3) is 1.00. The van der Waals surface area contributed by atoms with E-state index in [4.69, 9.17) is 3.32 Å². The molecule has 1 unspecified atom stereocenters. The SMILES string of the molecule is CCC(C)C[O][Ti]. The average Bonchev–Trinajstić information content (AvgIpc) is 1.68. The van der Waals surface area contributed by atoms with Crippen molar-refractivity contribution in [3.8, 4) is 0 Å². The molecule has 0 heterocycles. The molecule has 1 nitrogen and oxygen atoms in total. The maximum atomic E-state index is 4.89. The zero-order valence-corrected chi connectivity index (χ0v) is 6.46. The van der Waals surface area contributed by atoms with Crippen LogP contribution < -0.4 is 0 Å². The molecule has 0 amide bonds. The molecule has 0 fully saturated rings. The Balaban J connectivity index is 2.83. The van der Waals surface area contributed by atoms with E-state index in [2.05, 4.69) is 13.8 Å². The molecule has 41 valence electrons. The third-order valence-electron chi connectivity index (χ3n) is 1.06. The fourth-order valence-corrected chi connectivity index (χ4v) is 0.704. The van der Waals surface area contributed by atoms with Crippen LogP contribution in [-0.4, -0.2) is 6.61 Å². The van der Waals surface area contributed by atoms with Gasteiger partial charge in [-0.3, -0.25) is 0 Å². The van der Waals surface area contributed by atoms with Crippen LogP contribution in [0.2, 0.25) is 0 Å².